The molecule has 0 aliphatic rings. The van der Waals surface area contributed by atoms with Crippen LogP contribution in [0.25, 0.3) is 21.7 Å². The molecule has 0 fully saturated rings. The lowest BCUT2D eigenvalue weighted by Gasteiger charge is -2.04. The summed E-state index contributed by atoms with van der Waals surface area (Å²) in [6, 6.07) is 11.5. The third-order valence-corrected chi connectivity index (χ3v) is 3.56. The molecule has 0 spiro atoms. The Morgan fingerprint density at radius 2 is 2.11 bits per heavy atom. The Labute approximate surface area is 107 Å². The average molecular weight is 258 g/mol. The highest BCUT2D eigenvalue weighted by atomic mass is 32.1. The van der Waals surface area contributed by atoms with Crippen molar-refractivity contribution in [1.82, 2.24) is 9.55 Å². The third kappa shape index (κ3) is 1.78. The average Bonchev–Trinajstić information content (AvgIpc) is 2.96. The molecule has 0 saturated carbocycles. The first kappa shape index (κ1) is 11.0. The van der Waals surface area contributed by atoms with Gasteiger partial charge in [0.2, 0.25) is 0 Å². The minimum absolute atomic E-state index is 0.0756. The van der Waals surface area contributed by atoms with Crippen molar-refractivity contribution in [2.45, 2.75) is 6.54 Å². The van der Waals surface area contributed by atoms with E-state index in [0.717, 1.165) is 15.9 Å². The standard InChI is InChI=1S/C13H10N2O2S/c16-12(17)8-15-10-5-2-1-4-9(10)14-13(15)11-6-3-7-18-11/h1-7H,8H2,(H,16,17). The molecule has 18 heavy (non-hydrogen) atoms. The molecule has 3 aromatic rings. The van der Waals surface area contributed by atoms with Crippen LogP contribution in [0.1, 0.15) is 0 Å². The van der Waals surface area contributed by atoms with Gasteiger partial charge >= 0.3 is 5.97 Å². The minimum atomic E-state index is -0.865. The summed E-state index contributed by atoms with van der Waals surface area (Å²) in [6.45, 7) is -0.0756. The molecule has 0 unspecified atom stereocenters. The molecule has 4 nitrogen and oxygen atoms in total. The summed E-state index contributed by atoms with van der Waals surface area (Å²) in [5, 5.41) is 11.0. The van der Waals surface area contributed by atoms with Crippen LogP contribution < -0.4 is 0 Å². The van der Waals surface area contributed by atoms with Crippen LogP contribution in [0.15, 0.2) is 41.8 Å². The van der Waals surface area contributed by atoms with Crippen molar-refractivity contribution in [1.29, 1.82) is 0 Å². The number of imidazole rings is 1. The van der Waals surface area contributed by atoms with Gasteiger partial charge in [-0.15, -0.1) is 11.3 Å². The number of thiophene rings is 1. The molecule has 5 heteroatoms. The van der Waals surface area contributed by atoms with Crippen LogP contribution >= 0.6 is 11.3 Å². The third-order valence-electron chi connectivity index (χ3n) is 2.69. The zero-order valence-electron chi connectivity index (χ0n) is 9.41. The predicted octanol–water partition coefficient (Wildman–Crippen LogP) is 2.85. The minimum Gasteiger partial charge on any atom is -0.480 e. The maximum atomic E-state index is 11.0. The van der Waals surface area contributed by atoms with Crippen molar-refractivity contribution in [2.24, 2.45) is 0 Å². The normalized spacial score (nSPS) is 10.9. The molecule has 0 atom stereocenters. The van der Waals surface area contributed by atoms with E-state index < -0.39 is 5.97 Å². The van der Waals surface area contributed by atoms with Gasteiger partial charge in [-0.05, 0) is 23.6 Å². The number of nitrogens with zero attached hydrogens (tertiary/aromatic N) is 2. The molecule has 0 saturated heterocycles. The molecule has 0 aliphatic heterocycles. The number of carboxylic acid groups (broad SMARTS) is 1. The largest absolute Gasteiger partial charge is 0.480 e. The van der Waals surface area contributed by atoms with Gasteiger partial charge in [0.1, 0.15) is 6.54 Å². The first-order chi connectivity index (χ1) is 8.75. The summed E-state index contributed by atoms with van der Waals surface area (Å²) < 4.78 is 1.74. The molecule has 1 N–H and O–H groups in total. The predicted molar refractivity (Wildman–Crippen MR) is 70.7 cm³/mol. The highest BCUT2D eigenvalue weighted by Crippen LogP contribution is 2.27. The Balaban J connectivity index is 2.26. The van der Waals surface area contributed by atoms with Crippen LogP contribution in [0, 0.1) is 0 Å². The van der Waals surface area contributed by atoms with Crippen LogP contribution in [-0.2, 0) is 11.3 Å². The maximum Gasteiger partial charge on any atom is 0.323 e. The highest BCUT2D eigenvalue weighted by Gasteiger charge is 2.14. The van der Waals surface area contributed by atoms with Crippen LogP contribution in [0.3, 0.4) is 0 Å². The van der Waals surface area contributed by atoms with Gasteiger partial charge in [0.25, 0.3) is 0 Å². The van der Waals surface area contributed by atoms with E-state index in [4.69, 9.17) is 5.11 Å². The van der Waals surface area contributed by atoms with E-state index in [1.54, 1.807) is 15.9 Å². The topological polar surface area (TPSA) is 55.1 Å². The van der Waals surface area contributed by atoms with E-state index in [1.165, 1.54) is 0 Å². The van der Waals surface area contributed by atoms with Crippen molar-refractivity contribution < 1.29 is 9.90 Å². The van der Waals surface area contributed by atoms with E-state index in [-0.39, 0.29) is 6.54 Å². The van der Waals surface area contributed by atoms with E-state index in [1.807, 2.05) is 41.8 Å². The van der Waals surface area contributed by atoms with Crippen LogP contribution in [-0.4, -0.2) is 20.6 Å². The number of para-hydroxylation sites is 2. The fourth-order valence-electron chi connectivity index (χ4n) is 1.96. The zero-order chi connectivity index (χ0) is 12.5. The van der Waals surface area contributed by atoms with Gasteiger partial charge in [-0.3, -0.25) is 4.79 Å². The van der Waals surface area contributed by atoms with Crippen molar-refractivity contribution in [3.8, 4) is 10.7 Å². The number of fused-ring (bicyclic) bond motifs is 1. The number of rotatable bonds is 3. The zero-order valence-corrected chi connectivity index (χ0v) is 10.2. The van der Waals surface area contributed by atoms with Crippen LogP contribution in [0.5, 0.6) is 0 Å². The Kier molecular flexibility index (Phi) is 2.60. The second-order valence-corrected chi connectivity index (χ2v) is 4.83. The second kappa shape index (κ2) is 4.27. The molecular formula is C13H10N2O2S. The Morgan fingerprint density at radius 1 is 1.28 bits per heavy atom. The first-order valence-electron chi connectivity index (χ1n) is 5.46. The summed E-state index contributed by atoms with van der Waals surface area (Å²) >= 11 is 1.56. The fourth-order valence-corrected chi connectivity index (χ4v) is 2.69. The number of carbonyl (C=O) groups is 1. The monoisotopic (exact) mass is 258 g/mol. The molecule has 2 heterocycles. The molecule has 1 aromatic carbocycles. The molecule has 0 radical (unpaired) electrons. The summed E-state index contributed by atoms with van der Waals surface area (Å²) in [7, 11) is 0. The van der Waals surface area contributed by atoms with Gasteiger partial charge in [0.15, 0.2) is 5.82 Å². The summed E-state index contributed by atoms with van der Waals surface area (Å²) in [5.74, 6) is -0.149. The highest BCUT2D eigenvalue weighted by molar-refractivity contribution is 7.13. The lowest BCUT2D eigenvalue weighted by Crippen LogP contribution is -2.09. The summed E-state index contributed by atoms with van der Waals surface area (Å²) in [6.07, 6.45) is 0. The Hall–Kier alpha value is -2.14. The molecule has 0 bridgehead atoms. The van der Waals surface area contributed by atoms with Gasteiger partial charge in [0.05, 0.1) is 15.9 Å². The lowest BCUT2D eigenvalue weighted by atomic mass is 10.3. The van der Waals surface area contributed by atoms with E-state index in [2.05, 4.69) is 4.98 Å². The van der Waals surface area contributed by atoms with Crippen molar-refractivity contribution in [3.05, 3.63) is 41.8 Å². The number of carboxylic acids is 1. The smallest absolute Gasteiger partial charge is 0.323 e. The first-order valence-corrected chi connectivity index (χ1v) is 6.34. The molecular weight excluding hydrogens is 248 g/mol. The number of aromatic nitrogens is 2. The molecule has 2 aromatic heterocycles. The molecule has 90 valence electrons. The number of benzene rings is 1. The van der Waals surface area contributed by atoms with Gasteiger partial charge in [0, 0.05) is 0 Å². The van der Waals surface area contributed by atoms with Crippen molar-refractivity contribution in [3.63, 3.8) is 0 Å². The fraction of sp³-hybridized carbons (Fsp3) is 0.0769. The summed E-state index contributed by atoms with van der Waals surface area (Å²) in [5.41, 5.74) is 1.67. The summed E-state index contributed by atoms with van der Waals surface area (Å²) in [4.78, 5) is 16.5. The maximum absolute atomic E-state index is 11.0. The van der Waals surface area contributed by atoms with E-state index in [9.17, 15) is 4.79 Å². The Bertz CT molecular complexity index is 701. The lowest BCUT2D eigenvalue weighted by molar-refractivity contribution is -0.137. The van der Waals surface area contributed by atoms with Crippen LogP contribution in [0.2, 0.25) is 0 Å². The van der Waals surface area contributed by atoms with Crippen molar-refractivity contribution in [2.75, 3.05) is 0 Å². The number of hydrogen-bond donors (Lipinski definition) is 1. The SMILES string of the molecule is O=C(O)Cn1c(-c2cccs2)nc2ccccc21. The molecule has 3 rings (SSSR count). The van der Waals surface area contributed by atoms with E-state index in [0.29, 0.717) is 5.82 Å². The molecule has 0 amide bonds. The van der Waals surface area contributed by atoms with E-state index >= 15 is 0 Å². The van der Waals surface area contributed by atoms with Gasteiger partial charge in [-0.2, -0.15) is 0 Å². The van der Waals surface area contributed by atoms with Gasteiger partial charge in [-0.25, -0.2) is 4.98 Å². The number of hydrogen-bond acceptors (Lipinski definition) is 3. The number of aliphatic carboxylic acids is 1. The van der Waals surface area contributed by atoms with Gasteiger partial charge in [-0.1, -0.05) is 18.2 Å². The second-order valence-electron chi connectivity index (χ2n) is 3.88. The Morgan fingerprint density at radius 3 is 2.83 bits per heavy atom. The quantitative estimate of drug-likeness (QED) is 0.786. The van der Waals surface area contributed by atoms with Gasteiger partial charge < -0.3 is 9.67 Å². The molecule has 0 aliphatic carbocycles. The van der Waals surface area contributed by atoms with Crippen LogP contribution in [0.4, 0.5) is 0 Å². The van der Waals surface area contributed by atoms with Crippen molar-refractivity contribution >= 4 is 28.3 Å².